The van der Waals surface area contributed by atoms with Gasteiger partial charge in [-0.05, 0) is 65.9 Å². The van der Waals surface area contributed by atoms with E-state index in [1.165, 1.54) is 6.07 Å². The van der Waals surface area contributed by atoms with Crippen LogP contribution in [0.2, 0.25) is 0 Å². The molecule has 6 nitrogen and oxygen atoms in total. The molecule has 0 bridgehead atoms. The SMILES string of the molecule is CC(C)(C(=O)O)c1cccc(-c2ccc(CN(Cc3ccc(C(F)(F)F)o3)Cc3cccn4nccc34)cc2)c1. The number of halogens is 3. The summed E-state index contributed by atoms with van der Waals surface area (Å²) in [5.74, 6) is -1.69. The molecule has 0 unspecified atom stereocenters. The van der Waals surface area contributed by atoms with Crippen LogP contribution in [0.15, 0.2) is 95.7 Å². The number of aliphatic carboxylic acids is 1. The molecular formula is C31H28F3N3O3. The van der Waals surface area contributed by atoms with E-state index in [0.29, 0.717) is 18.7 Å². The minimum absolute atomic E-state index is 0.180. The van der Waals surface area contributed by atoms with Crippen molar-refractivity contribution in [3.05, 3.63) is 119 Å². The Morgan fingerprint density at radius 1 is 0.925 bits per heavy atom. The highest BCUT2D eigenvalue weighted by atomic mass is 19.4. The molecule has 0 aliphatic rings. The van der Waals surface area contributed by atoms with Gasteiger partial charge >= 0.3 is 12.1 Å². The topological polar surface area (TPSA) is 71.0 Å². The highest BCUT2D eigenvalue weighted by Crippen LogP contribution is 2.32. The fourth-order valence-electron chi connectivity index (χ4n) is 4.66. The number of hydrogen-bond acceptors (Lipinski definition) is 4. The van der Waals surface area contributed by atoms with Crippen molar-refractivity contribution in [3.8, 4) is 11.1 Å². The molecule has 0 saturated heterocycles. The van der Waals surface area contributed by atoms with Gasteiger partial charge in [0.15, 0.2) is 0 Å². The van der Waals surface area contributed by atoms with Crippen LogP contribution in [0, 0.1) is 0 Å². The lowest BCUT2D eigenvalue weighted by molar-refractivity contribution is -0.153. The van der Waals surface area contributed by atoms with Crippen LogP contribution in [0.4, 0.5) is 13.2 Å². The standard InChI is InChI=1S/C31H28F3N3O3/c1-30(2,29(38)39)25-7-3-5-23(17-25)22-10-8-21(9-11-22)18-36(20-26-12-13-28(40-26)31(32,33)34)19-24-6-4-16-37-27(24)14-15-35-37/h3-17H,18-20H2,1-2H3,(H,38,39). The molecule has 3 heterocycles. The number of nitrogens with zero attached hydrogens (tertiary/aromatic N) is 3. The number of rotatable bonds is 9. The maximum absolute atomic E-state index is 13.1. The number of pyridine rings is 1. The lowest BCUT2D eigenvalue weighted by Crippen LogP contribution is -2.28. The molecule has 0 fully saturated rings. The van der Waals surface area contributed by atoms with E-state index in [9.17, 15) is 23.1 Å². The van der Waals surface area contributed by atoms with Crippen LogP contribution in [0.1, 0.15) is 42.1 Å². The first kappa shape index (κ1) is 27.2. The molecule has 0 radical (unpaired) electrons. The van der Waals surface area contributed by atoms with Gasteiger partial charge in [0.2, 0.25) is 5.76 Å². The van der Waals surface area contributed by atoms with E-state index in [4.69, 9.17) is 4.42 Å². The van der Waals surface area contributed by atoms with E-state index < -0.39 is 23.3 Å². The Morgan fingerprint density at radius 3 is 2.40 bits per heavy atom. The largest absolute Gasteiger partial charge is 0.481 e. The average molecular weight is 548 g/mol. The Kier molecular flexibility index (Phi) is 7.25. The molecule has 1 N–H and O–H groups in total. The van der Waals surface area contributed by atoms with Crippen LogP contribution in [0.3, 0.4) is 0 Å². The van der Waals surface area contributed by atoms with Crippen molar-refractivity contribution in [1.29, 1.82) is 0 Å². The zero-order valence-corrected chi connectivity index (χ0v) is 22.0. The van der Waals surface area contributed by atoms with Crippen LogP contribution in [-0.2, 0) is 36.0 Å². The molecule has 0 spiro atoms. The third-order valence-corrected chi connectivity index (χ3v) is 7.05. The van der Waals surface area contributed by atoms with Crippen LogP contribution in [0.5, 0.6) is 0 Å². The molecule has 5 aromatic rings. The van der Waals surface area contributed by atoms with Gasteiger partial charge in [0.1, 0.15) is 5.76 Å². The molecule has 3 aromatic heterocycles. The Bertz CT molecular complexity index is 1630. The van der Waals surface area contributed by atoms with Crippen LogP contribution in [-0.4, -0.2) is 25.6 Å². The third-order valence-electron chi connectivity index (χ3n) is 7.05. The predicted molar refractivity (Wildman–Crippen MR) is 144 cm³/mol. The van der Waals surface area contributed by atoms with E-state index in [1.54, 1.807) is 24.6 Å². The van der Waals surface area contributed by atoms with E-state index in [1.807, 2.05) is 77.8 Å². The van der Waals surface area contributed by atoms with Crippen molar-refractivity contribution in [2.45, 2.75) is 45.1 Å². The van der Waals surface area contributed by atoms with Crippen LogP contribution < -0.4 is 0 Å². The minimum Gasteiger partial charge on any atom is -0.481 e. The summed E-state index contributed by atoms with van der Waals surface area (Å²) in [5, 5.41) is 13.9. The fraction of sp³-hybridized carbons (Fsp3) is 0.226. The summed E-state index contributed by atoms with van der Waals surface area (Å²) < 4.78 is 46.3. The smallest absolute Gasteiger partial charge is 0.449 e. The first-order valence-electron chi connectivity index (χ1n) is 12.7. The number of aromatic nitrogens is 2. The van der Waals surface area contributed by atoms with Crippen molar-refractivity contribution < 1.29 is 27.5 Å². The number of hydrogen-bond donors (Lipinski definition) is 1. The number of carbonyl (C=O) groups is 1. The van der Waals surface area contributed by atoms with Gasteiger partial charge < -0.3 is 9.52 Å². The quantitative estimate of drug-likeness (QED) is 0.212. The highest BCUT2D eigenvalue weighted by molar-refractivity contribution is 5.81. The second-order valence-electron chi connectivity index (χ2n) is 10.3. The van der Waals surface area contributed by atoms with Gasteiger partial charge in [-0.2, -0.15) is 18.3 Å². The summed E-state index contributed by atoms with van der Waals surface area (Å²) in [4.78, 5) is 13.7. The average Bonchev–Trinajstić information content (AvgIpc) is 3.59. The van der Waals surface area contributed by atoms with E-state index >= 15 is 0 Å². The molecule has 40 heavy (non-hydrogen) atoms. The fourth-order valence-corrected chi connectivity index (χ4v) is 4.66. The van der Waals surface area contributed by atoms with Gasteiger partial charge in [0.25, 0.3) is 0 Å². The van der Waals surface area contributed by atoms with E-state index in [2.05, 4.69) is 5.10 Å². The number of fused-ring (bicyclic) bond motifs is 1. The summed E-state index contributed by atoms with van der Waals surface area (Å²) in [6.45, 7) is 4.45. The second-order valence-corrected chi connectivity index (χ2v) is 10.3. The zero-order valence-electron chi connectivity index (χ0n) is 22.0. The zero-order chi connectivity index (χ0) is 28.5. The Labute approximate surface area is 229 Å². The maximum atomic E-state index is 13.1. The number of carboxylic acids is 1. The predicted octanol–water partition coefficient (Wildman–Crippen LogP) is 7.18. The Balaban J connectivity index is 1.40. The van der Waals surface area contributed by atoms with Gasteiger partial charge in [0.05, 0.1) is 17.5 Å². The molecule has 0 aliphatic heterocycles. The second kappa shape index (κ2) is 10.7. The normalized spacial score (nSPS) is 12.3. The number of carboxylic acid groups (broad SMARTS) is 1. The molecule has 0 saturated carbocycles. The summed E-state index contributed by atoms with van der Waals surface area (Å²) >= 11 is 0. The van der Waals surface area contributed by atoms with E-state index in [0.717, 1.165) is 33.8 Å². The third kappa shape index (κ3) is 5.79. The number of furan rings is 1. The lowest BCUT2D eigenvalue weighted by atomic mass is 9.83. The van der Waals surface area contributed by atoms with Gasteiger partial charge in [-0.15, -0.1) is 0 Å². The molecule has 5 rings (SSSR count). The summed E-state index contributed by atoms with van der Waals surface area (Å²) in [5.41, 5.74) is 4.39. The first-order valence-corrected chi connectivity index (χ1v) is 12.7. The highest BCUT2D eigenvalue weighted by Gasteiger charge is 2.35. The molecule has 0 atom stereocenters. The molecule has 206 valence electrons. The van der Waals surface area contributed by atoms with Crippen molar-refractivity contribution >= 4 is 11.5 Å². The molecule has 0 amide bonds. The van der Waals surface area contributed by atoms with E-state index in [-0.39, 0.29) is 12.3 Å². The van der Waals surface area contributed by atoms with Crippen molar-refractivity contribution in [1.82, 2.24) is 14.5 Å². The summed E-state index contributed by atoms with van der Waals surface area (Å²) in [7, 11) is 0. The monoisotopic (exact) mass is 547 g/mol. The molecule has 0 aliphatic carbocycles. The van der Waals surface area contributed by atoms with Gasteiger partial charge in [-0.1, -0.05) is 54.6 Å². The van der Waals surface area contributed by atoms with Gasteiger partial charge in [0, 0.05) is 25.5 Å². The number of benzene rings is 2. The van der Waals surface area contributed by atoms with Crippen LogP contribution >= 0.6 is 0 Å². The van der Waals surface area contributed by atoms with Crippen molar-refractivity contribution in [2.24, 2.45) is 0 Å². The molecular weight excluding hydrogens is 519 g/mol. The van der Waals surface area contributed by atoms with Crippen molar-refractivity contribution in [3.63, 3.8) is 0 Å². The first-order chi connectivity index (χ1) is 19.0. The lowest BCUT2D eigenvalue weighted by Gasteiger charge is -2.22. The Morgan fingerprint density at radius 2 is 1.70 bits per heavy atom. The minimum atomic E-state index is -4.54. The number of alkyl halides is 3. The Hall–Kier alpha value is -4.37. The molecule has 2 aromatic carbocycles. The summed E-state index contributed by atoms with van der Waals surface area (Å²) in [6, 6.07) is 23.4. The van der Waals surface area contributed by atoms with Gasteiger partial charge in [-0.3, -0.25) is 9.69 Å². The van der Waals surface area contributed by atoms with Gasteiger partial charge in [-0.25, -0.2) is 4.52 Å². The summed E-state index contributed by atoms with van der Waals surface area (Å²) in [6.07, 6.45) is -0.994. The molecule has 9 heteroatoms. The van der Waals surface area contributed by atoms with Crippen molar-refractivity contribution in [2.75, 3.05) is 0 Å². The van der Waals surface area contributed by atoms with Crippen LogP contribution in [0.25, 0.3) is 16.6 Å². The maximum Gasteiger partial charge on any atom is 0.449 e.